The maximum absolute atomic E-state index is 12.8. The first-order chi connectivity index (χ1) is 8.18. The number of carbonyl (C=O) groups is 2. The molecule has 5 heteroatoms. The van der Waals surface area contributed by atoms with Crippen molar-refractivity contribution in [1.82, 2.24) is 4.90 Å². The van der Waals surface area contributed by atoms with E-state index in [9.17, 15) is 14.0 Å². The van der Waals surface area contributed by atoms with Gasteiger partial charge < -0.3 is 4.90 Å². The number of benzene rings is 1. The molecule has 0 N–H and O–H groups in total. The van der Waals surface area contributed by atoms with E-state index in [1.165, 1.54) is 24.3 Å². The number of anilines is 1. The van der Waals surface area contributed by atoms with Crippen LogP contribution in [-0.2, 0) is 4.79 Å². The summed E-state index contributed by atoms with van der Waals surface area (Å²) in [6.45, 7) is 0.632. The van der Waals surface area contributed by atoms with Gasteiger partial charge in [-0.25, -0.2) is 14.1 Å². The molecular weight excluding hydrogens is 223 g/mol. The van der Waals surface area contributed by atoms with E-state index >= 15 is 0 Å². The number of carbonyl (C=O) groups excluding carboxylic acids is 2. The predicted octanol–water partition coefficient (Wildman–Crippen LogP) is 1.76. The highest BCUT2D eigenvalue weighted by molar-refractivity contribution is 6.21. The third-order valence-electron chi connectivity index (χ3n) is 3.28. The monoisotopic (exact) mass is 234 g/mol. The van der Waals surface area contributed by atoms with Crippen molar-refractivity contribution in [1.29, 1.82) is 0 Å². The fourth-order valence-corrected chi connectivity index (χ4v) is 2.45. The summed E-state index contributed by atoms with van der Waals surface area (Å²) in [6, 6.07) is 4.80. The van der Waals surface area contributed by atoms with Crippen molar-refractivity contribution in [2.24, 2.45) is 0 Å². The summed E-state index contributed by atoms with van der Waals surface area (Å²) >= 11 is 0. The van der Waals surface area contributed by atoms with Gasteiger partial charge >= 0.3 is 6.03 Å². The molecule has 2 heterocycles. The zero-order chi connectivity index (χ0) is 12.0. The molecule has 2 saturated heterocycles. The van der Waals surface area contributed by atoms with Gasteiger partial charge in [0.25, 0.3) is 5.91 Å². The van der Waals surface area contributed by atoms with Gasteiger partial charge in [0, 0.05) is 6.54 Å². The van der Waals surface area contributed by atoms with Crippen LogP contribution in [0.15, 0.2) is 24.3 Å². The summed E-state index contributed by atoms with van der Waals surface area (Å²) in [4.78, 5) is 26.8. The lowest BCUT2D eigenvalue weighted by molar-refractivity contribution is -0.119. The Labute approximate surface area is 97.6 Å². The molecule has 0 bridgehead atoms. The van der Waals surface area contributed by atoms with Gasteiger partial charge in [-0.3, -0.25) is 4.79 Å². The Hall–Kier alpha value is -1.91. The maximum atomic E-state index is 12.8. The topological polar surface area (TPSA) is 40.6 Å². The van der Waals surface area contributed by atoms with Crippen LogP contribution in [0.2, 0.25) is 0 Å². The van der Waals surface area contributed by atoms with Crippen LogP contribution in [0.25, 0.3) is 0 Å². The fourth-order valence-electron chi connectivity index (χ4n) is 2.45. The van der Waals surface area contributed by atoms with Crippen molar-refractivity contribution in [2.45, 2.75) is 18.9 Å². The lowest BCUT2D eigenvalue weighted by Crippen LogP contribution is -2.32. The number of fused-ring (bicyclic) bond motifs is 1. The molecule has 0 spiro atoms. The number of hydrogen-bond acceptors (Lipinski definition) is 2. The largest absolute Gasteiger partial charge is 0.332 e. The Morgan fingerprint density at radius 2 is 1.88 bits per heavy atom. The molecular formula is C12H11FN2O2. The van der Waals surface area contributed by atoms with Crippen molar-refractivity contribution < 1.29 is 14.0 Å². The summed E-state index contributed by atoms with van der Waals surface area (Å²) in [5.41, 5.74) is 0.441. The lowest BCUT2D eigenvalue weighted by atomic mass is 10.2. The molecule has 1 aromatic carbocycles. The molecule has 1 aromatic rings. The average Bonchev–Trinajstić information content (AvgIpc) is 2.87. The van der Waals surface area contributed by atoms with E-state index in [1.807, 2.05) is 0 Å². The van der Waals surface area contributed by atoms with Crippen LogP contribution in [-0.4, -0.2) is 29.4 Å². The highest BCUT2D eigenvalue weighted by atomic mass is 19.1. The minimum atomic E-state index is -0.381. The van der Waals surface area contributed by atoms with Gasteiger partial charge in [-0.1, -0.05) is 0 Å². The number of rotatable bonds is 1. The van der Waals surface area contributed by atoms with Gasteiger partial charge in [0.15, 0.2) is 0 Å². The number of halogens is 1. The van der Waals surface area contributed by atoms with Crippen LogP contribution in [0.1, 0.15) is 12.8 Å². The Bertz CT molecular complexity index is 464. The molecule has 4 nitrogen and oxygen atoms in total. The zero-order valence-corrected chi connectivity index (χ0v) is 9.10. The zero-order valence-electron chi connectivity index (χ0n) is 9.10. The summed E-state index contributed by atoms with van der Waals surface area (Å²) in [7, 11) is 0. The first-order valence-corrected chi connectivity index (χ1v) is 5.58. The predicted molar refractivity (Wildman–Crippen MR) is 59.0 cm³/mol. The Kier molecular flexibility index (Phi) is 2.14. The van der Waals surface area contributed by atoms with Crippen molar-refractivity contribution in [2.75, 3.05) is 11.4 Å². The van der Waals surface area contributed by atoms with Crippen molar-refractivity contribution in [3.8, 4) is 0 Å². The van der Waals surface area contributed by atoms with E-state index in [0.29, 0.717) is 12.2 Å². The second-order valence-corrected chi connectivity index (χ2v) is 4.28. The van der Waals surface area contributed by atoms with Crippen molar-refractivity contribution >= 4 is 17.6 Å². The second kappa shape index (κ2) is 3.55. The van der Waals surface area contributed by atoms with E-state index in [1.54, 1.807) is 4.90 Å². The van der Waals surface area contributed by atoms with Crippen LogP contribution in [0.4, 0.5) is 14.9 Å². The quantitative estimate of drug-likeness (QED) is 0.695. The third kappa shape index (κ3) is 1.42. The summed E-state index contributed by atoms with van der Waals surface area (Å²) in [5.74, 6) is -0.576. The molecule has 88 valence electrons. The SMILES string of the molecule is O=C1[C@H]2CCCN2C(=O)N1c1ccc(F)cc1. The number of imide groups is 1. The van der Waals surface area contributed by atoms with Gasteiger partial charge in [0.05, 0.1) is 5.69 Å². The number of urea groups is 1. The molecule has 2 fully saturated rings. The summed E-state index contributed by atoms with van der Waals surface area (Å²) in [5, 5.41) is 0. The van der Waals surface area contributed by atoms with E-state index in [-0.39, 0.29) is 23.8 Å². The fraction of sp³-hybridized carbons (Fsp3) is 0.333. The molecule has 0 radical (unpaired) electrons. The standard InChI is InChI=1S/C12H11FN2O2/c13-8-3-5-9(6-4-8)15-11(16)10-2-1-7-14(10)12(15)17/h3-6,10H,1-2,7H2/t10-/m1/s1. The molecule has 1 atom stereocenters. The second-order valence-electron chi connectivity index (χ2n) is 4.28. The Morgan fingerprint density at radius 3 is 2.53 bits per heavy atom. The number of hydrogen-bond donors (Lipinski definition) is 0. The van der Waals surface area contributed by atoms with Crippen LogP contribution < -0.4 is 4.90 Å². The Morgan fingerprint density at radius 1 is 1.18 bits per heavy atom. The van der Waals surface area contributed by atoms with Crippen LogP contribution in [0, 0.1) is 5.82 Å². The minimum Gasteiger partial charge on any atom is -0.312 e. The molecule has 2 aliphatic heterocycles. The van der Waals surface area contributed by atoms with E-state index < -0.39 is 0 Å². The van der Waals surface area contributed by atoms with Gasteiger partial charge in [-0.05, 0) is 37.1 Å². The number of amides is 3. The first kappa shape index (κ1) is 10.3. The molecule has 0 unspecified atom stereocenters. The normalized spacial score (nSPS) is 23.5. The maximum Gasteiger partial charge on any atom is 0.332 e. The molecule has 3 rings (SSSR count). The molecule has 0 aromatic heterocycles. The molecule has 2 aliphatic rings. The lowest BCUT2D eigenvalue weighted by Gasteiger charge is -2.15. The van der Waals surface area contributed by atoms with Crippen molar-refractivity contribution in [3.63, 3.8) is 0 Å². The highest BCUT2D eigenvalue weighted by Crippen LogP contribution is 2.31. The smallest absolute Gasteiger partial charge is 0.312 e. The molecule has 0 aliphatic carbocycles. The number of nitrogens with zero attached hydrogens (tertiary/aromatic N) is 2. The van der Waals surface area contributed by atoms with Crippen molar-refractivity contribution in [3.05, 3.63) is 30.1 Å². The van der Waals surface area contributed by atoms with Gasteiger partial charge in [-0.15, -0.1) is 0 Å². The summed E-state index contributed by atoms with van der Waals surface area (Å²) in [6.07, 6.45) is 1.60. The molecule has 17 heavy (non-hydrogen) atoms. The van der Waals surface area contributed by atoms with Crippen LogP contribution in [0.5, 0.6) is 0 Å². The van der Waals surface area contributed by atoms with E-state index in [0.717, 1.165) is 17.7 Å². The average molecular weight is 234 g/mol. The van der Waals surface area contributed by atoms with E-state index in [2.05, 4.69) is 0 Å². The molecule has 3 amide bonds. The highest BCUT2D eigenvalue weighted by Gasteiger charge is 2.47. The minimum absolute atomic E-state index is 0.195. The molecule has 0 saturated carbocycles. The van der Waals surface area contributed by atoms with Gasteiger partial charge in [-0.2, -0.15) is 0 Å². The Balaban J connectivity index is 1.96. The van der Waals surface area contributed by atoms with Gasteiger partial charge in [0.1, 0.15) is 11.9 Å². The third-order valence-corrected chi connectivity index (χ3v) is 3.28. The van der Waals surface area contributed by atoms with E-state index in [4.69, 9.17) is 0 Å². The van der Waals surface area contributed by atoms with Gasteiger partial charge in [0.2, 0.25) is 0 Å². The first-order valence-electron chi connectivity index (χ1n) is 5.58. The summed E-state index contributed by atoms with van der Waals surface area (Å²) < 4.78 is 12.8. The van der Waals surface area contributed by atoms with Crippen LogP contribution >= 0.6 is 0 Å². The van der Waals surface area contributed by atoms with Crippen LogP contribution in [0.3, 0.4) is 0 Å².